The first-order valence-corrected chi connectivity index (χ1v) is 5.62. The van der Waals surface area contributed by atoms with Crippen LogP contribution in [-0.4, -0.2) is 21.5 Å². The summed E-state index contributed by atoms with van der Waals surface area (Å²) < 4.78 is 7.10. The molecule has 0 saturated heterocycles. The molecular weight excluding hydrogens is 216 g/mol. The highest BCUT2D eigenvalue weighted by molar-refractivity contribution is 5.42. The molecule has 0 aliphatic heterocycles. The van der Waals surface area contributed by atoms with Crippen LogP contribution in [0.1, 0.15) is 18.3 Å². The Bertz CT molecular complexity index is 515. The van der Waals surface area contributed by atoms with Gasteiger partial charge < -0.3 is 9.84 Å². The van der Waals surface area contributed by atoms with Crippen LogP contribution in [0, 0.1) is 13.8 Å². The van der Waals surface area contributed by atoms with Crippen LogP contribution in [0.5, 0.6) is 11.5 Å². The Morgan fingerprint density at radius 3 is 2.35 bits per heavy atom. The molecule has 0 aliphatic carbocycles. The van der Waals surface area contributed by atoms with Crippen molar-refractivity contribution in [1.29, 1.82) is 0 Å². The Morgan fingerprint density at radius 1 is 1.24 bits per heavy atom. The molecule has 4 nitrogen and oxygen atoms in total. The maximum atomic E-state index is 9.72. The quantitative estimate of drug-likeness (QED) is 0.884. The molecule has 0 fully saturated rings. The van der Waals surface area contributed by atoms with Gasteiger partial charge in [0.25, 0.3) is 0 Å². The molecular formula is C13H16N2O2. The van der Waals surface area contributed by atoms with Gasteiger partial charge in [-0.1, -0.05) is 0 Å². The van der Waals surface area contributed by atoms with E-state index in [9.17, 15) is 5.11 Å². The molecule has 0 radical (unpaired) electrons. The highest BCUT2D eigenvalue weighted by atomic mass is 16.5. The summed E-state index contributed by atoms with van der Waals surface area (Å²) >= 11 is 0. The molecule has 0 aliphatic rings. The molecule has 0 bridgehead atoms. The number of benzene rings is 1. The number of ether oxygens (including phenoxy) is 1. The van der Waals surface area contributed by atoms with Gasteiger partial charge in [0, 0.05) is 0 Å². The van der Waals surface area contributed by atoms with Crippen molar-refractivity contribution in [3.05, 3.63) is 35.7 Å². The maximum absolute atomic E-state index is 9.72. The number of hydrogen-bond donors (Lipinski definition) is 1. The number of rotatable bonds is 3. The third-order valence-corrected chi connectivity index (χ3v) is 2.65. The Hall–Kier alpha value is -1.97. The topological polar surface area (TPSA) is 47.3 Å². The Kier molecular flexibility index (Phi) is 3.04. The summed E-state index contributed by atoms with van der Waals surface area (Å²) in [5, 5.41) is 14.0. The first-order chi connectivity index (χ1) is 8.13. The van der Waals surface area contributed by atoms with Crippen LogP contribution in [0.25, 0.3) is 5.69 Å². The van der Waals surface area contributed by atoms with E-state index in [1.165, 1.54) is 0 Å². The van der Waals surface area contributed by atoms with E-state index in [1.54, 1.807) is 11.6 Å². The Morgan fingerprint density at radius 2 is 1.88 bits per heavy atom. The fourth-order valence-corrected chi connectivity index (χ4v) is 1.74. The average Bonchev–Trinajstić information content (AvgIpc) is 2.59. The number of aryl methyl sites for hydroxylation is 1. The van der Waals surface area contributed by atoms with Gasteiger partial charge in [-0.3, -0.25) is 0 Å². The molecule has 1 aromatic carbocycles. The Balaban J connectivity index is 2.36. The zero-order valence-corrected chi connectivity index (χ0v) is 10.3. The molecule has 0 spiro atoms. The molecule has 1 heterocycles. The summed E-state index contributed by atoms with van der Waals surface area (Å²) in [6.07, 6.45) is 0. The molecule has 0 amide bonds. The van der Waals surface area contributed by atoms with Crippen LogP contribution in [0.4, 0.5) is 0 Å². The highest BCUT2D eigenvalue weighted by Gasteiger charge is 2.11. The van der Waals surface area contributed by atoms with Crippen molar-refractivity contribution >= 4 is 0 Å². The summed E-state index contributed by atoms with van der Waals surface area (Å²) in [4.78, 5) is 0. The zero-order valence-electron chi connectivity index (χ0n) is 10.3. The van der Waals surface area contributed by atoms with Gasteiger partial charge in [-0.15, -0.1) is 0 Å². The van der Waals surface area contributed by atoms with E-state index in [0.717, 1.165) is 17.1 Å². The van der Waals surface area contributed by atoms with Crippen LogP contribution in [0.2, 0.25) is 0 Å². The first-order valence-electron chi connectivity index (χ1n) is 5.62. The normalized spacial score (nSPS) is 10.5. The summed E-state index contributed by atoms with van der Waals surface area (Å²) in [6, 6.07) is 7.63. The lowest BCUT2D eigenvalue weighted by Gasteiger charge is -2.06. The average molecular weight is 232 g/mol. The fraction of sp³-hybridized carbons (Fsp3) is 0.308. The van der Waals surface area contributed by atoms with Crippen LogP contribution < -0.4 is 4.74 Å². The van der Waals surface area contributed by atoms with Gasteiger partial charge in [0.1, 0.15) is 11.4 Å². The molecule has 4 heteroatoms. The molecule has 2 aromatic rings. The molecule has 90 valence electrons. The van der Waals surface area contributed by atoms with Crippen LogP contribution in [0.3, 0.4) is 0 Å². The van der Waals surface area contributed by atoms with Crippen LogP contribution in [0.15, 0.2) is 24.3 Å². The third kappa shape index (κ3) is 2.11. The van der Waals surface area contributed by atoms with Crippen molar-refractivity contribution in [2.24, 2.45) is 0 Å². The lowest BCUT2D eigenvalue weighted by molar-refractivity contribution is 0.340. The van der Waals surface area contributed by atoms with Crippen LogP contribution in [-0.2, 0) is 0 Å². The van der Waals surface area contributed by atoms with Gasteiger partial charge in [0.15, 0.2) is 5.75 Å². The smallest absolute Gasteiger partial charge is 0.159 e. The molecule has 0 atom stereocenters. The van der Waals surface area contributed by atoms with Crippen molar-refractivity contribution < 1.29 is 9.84 Å². The standard InChI is InChI=1S/C13H16N2O2/c1-4-17-12-7-5-11(6-8-12)15-10(3)13(16)9(2)14-15/h5-8,16H,4H2,1-3H3. The van der Waals surface area contributed by atoms with Crippen molar-refractivity contribution in [3.63, 3.8) is 0 Å². The second kappa shape index (κ2) is 4.49. The molecule has 17 heavy (non-hydrogen) atoms. The van der Waals surface area contributed by atoms with Gasteiger partial charge in [-0.05, 0) is 45.0 Å². The van der Waals surface area contributed by atoms with Gasteiger partial charge >= 0.3 is 0 Å². The number of aromatic hydroxyl groups is 1. The van der Waals surface area contributed by atoms with Gasteiger partial charge in [0.2, 0.25) is 0 Å². The van der Waals surface area contributed by atoms with E-state index in [1.807, 2.05) is 38.1 Å². The lowest BCUT2D eigenvalue weighted by atomic mass is 10.3. The highest BCUT2D eigenvalue weighted by Crippen LogP contribution is 2.24. The number of hydrogen-bond acceptors (Lipinski definition) is 3. The van der Waals surface area contributed by atoms with E-state index in [4.69, 9.17) is 4.74 Å². The van der Waals surface area contributed by atoms with Crippen molar-refractivity contribution in [2.45, 2.75) is 20.8 Å². The summed E-state index contributed by atoms with van der Waals surface area (Å²) in [5.74, 6) is 1.08. The molecule has 0 unspecified atom stereocenters. The van der Waals surface area contributed by atoms with E-state index < -0.39 is 0 Å². The minimum absolute atomic E-state index is 0.249. The van der Waals surface area contributed by atoms with Gasteiger partial charge in [-0.25, -0.2) is 4.68 Å². The second-order valence-corrected chi connectivity index (χ2v) is 3.86. The third-order valence-electron chi connectivity index (χ3n) is 2.65. The number of aromatic nitrogens is 2. The molecule has 2 rings (SSSR count). The molecule has 1 N–H and O–H groups in total. The van der Waals surface area contributed by atoms with E-state index in [-0.39, 0.29) is 5.75 Å². The zero-order chi connectivity index (χ0) is 12.4. The summed E-state index contributed by atoms with van der Waals surface area (Å²) in [6.45, 7) is 6.23. The number of nitrogens with zero attached hydrogens (tertiary/aromatic N) is 2. The van der Waals surface area contributed by atoms with Crippen molar-refractivity contribution in [1.82, 2.24) is 9.78 Å². The first kappa shape index (κ1) is 11.5. The predicted molar refractivity (Wildman–Crippen MR) is 65.9 cm³/mol. The van der Waals surface area contributed by atoms with Crippen molar-refractivity contribution in [2.75, 3.05) is 6.61 Å². The Labute approximate surface area is 100 Å². The second-order valence-electron chi connectivity index (χ2n) is 3.86. The minimum Gasteiger partial charge on any atom is -0.504 e. The largest absolute Gasteiger partial charge is 0.504 e. The monoisotopic (exact) mass is 232 g/mol. The molecule has 1 aromatic heterocycles. The SMILES string of the molecule is CCOc1ccc(-n2nc(C)c(O)c2C)cc1. The van der Waals surface area contributed by atoms with Crippen molar-refractivity contribution in [3.8, 4) is 17.2 Å². The van der Waals surface area contributed by atoms with E-state index in [0.29, 0.717) is 12.3 Å². The minimum atomic E-state index is 0.249. The van der Waals surface area contributed by atoms with E-state index in [2.05, 4.69) is 5.10 Å². The summed E-state index contributed by atoms with van der Waals surface area (Å²) in [5.41, 5.74) is 2.29. The maximum Gasteiger partial charge on any atom is 0.159 e. The predicted octanol–water partition coefficient (Wildman–Crippen LogP) is 2.59. The lowest BCUT2D eigenvalue weighted by Crippen LogP contribution is -1.99. The fourth-order valence-electron chi connectivity index (χ4n) is 1.74. The molecule has 0 saturated carbocycles. The summed E-state index contributed by atoms with van der Waals surface area (Å²) in [7, 11) is 0. The van der Waals surface area contributed by atoms with Gasteiger partial charge in [-0.2, -0.15) is 5.10 Å². The van der Waals surface area contributed by atoms with Gasteiger partial charge in [0.05, 0.1) is 18.0 Å². The van der Waals surface area contributed by atoms with E-state index >= 15 is 0 Å². The van der Waals surface area contributed by atoms with Crippen LogP contribution >= 0.6 is 0 Å².